The van der Waals surface area contributed by atoms with Crippen LogP contribution in [0, 0.1) is 0 Å². The van der Waals surface area contributed by atoms with Crippen molar-refractivity contribution >= 4 is 0 Å². The average Bonchev–Trinajstić information content (AvgIpc) is 2.80. The Morgan fingerprint density at radius 2 is 1.70 bits per heavy atom. The minimum atomic E-state index is -0.176. The highest BCUT2D eigenvalue weighted by Gasteiger charge is 2.33. The molecular weight excluding hydrogens is 376 g/mol. The van der Waals surface area contributed by atoms with Gasteiger partial charge in [0.15, 0.2) is 6.29 Å². The lowest BCUT2D eigenvalue weighted by atomic mass is 9.76. The lowest BCUT2D eigenvalue weighted by molar-refractivity contribution is -0.106. The quantitative estimate of drug-likeness (QED) is 0.617. The second-order valence-electron chi connectivity index (χ2n) is 8.01. The van der Waals surface area contributed by atoms with Crippen molar-refractivity contribution in [1.82, 2.24) is 0 Å². The second kappa shape index (κ2) is 8.41. The van der Waals surface area contributed by atoms with Crippen molar-refractivity contribution in [1.29, 1.82) is 0 Å². The van der Waals surface area contributed by atoms with E-state index in [0.29, 0.717) is 6.61 Å². The number of rotatable bonds is 4. The Labute approximate surface area is 177 Å². The summed E-state index contributed by atoms with van der Waals surface area (Å²) in [7, 11) is 0. The highest BCUT2D eigenvalue weighted by atomic mass is 16.7. The van der Waals surface area contributed by atoms with Gasteiger partial charge in [-0.2, -0.15) is 0 Å². The van der Waals surface area contributed by atoms with Gasteiger partial charge in [0.2, 0.25) is 0 Å². The molecule has 0 bridgehead atoms. The molecule has 1 saturated heterocycles. The van der Waals surface area contributed by atoms with Crippen LogP contribution in [0.3, 0.4) is 0 Å². The molecule has 1 N–H and O–H groups in total. The molecule has 4 nitrogen and oxygen atoms in total. The van der Waals surface area contributed by atoms with Crippen molar-refractivity contribution in [2.24, 2.45) is 0 Å². The number of fused-ring (bicyclic) bond motifs is 1. The highest BCUT2D eigenvalue weighted by Crippen LogP contribution is 2.47. The monoisotopic (exact) mass is 402 g/mol. The van der Waals surface area contributed by atoms with E-state index in [0.717, 1.165) is 48.5 Å². The number of ether oxygens (including phenoxy) is 3. The Morgan fingerprint density at radius 1 is 0.867 bits per heavy atom. The van der Waals surface area contributed by atoms with Crippen LogP contribution in [0.15, 0.2) is 72.8 Å². The normalized spacial score (nSPS) is 23.3. The van der Waals surface area contributed by atoms with Crippen molar-refractivity contribution in [2.45, 2.75) is 37.4 Å². The summed E-state index contributed by atoms with van der Waals surface area (Å²) in [5.74, 6) is 2.24. The molecule has 3 aromatic rings. The number of phenolic OH excluding ortho intramolecular Hbond substituents is 1. The molecular formula is C26H26O4. The van der Waals surface area contributed by atoms with E-state index >= 15 is 0 Å². The maximum atomic E-state index is 9.77. The van der Waals surface area contributed by atoms with E-state index in [2.05, 4.69) is 30.3 Å². The number of benzene rings is 3. The molecule has 154 valence electrons. The van der Waals surface area contributed by atoms with Gasteiger partial charge in [-0.15, -0.1) is 0 Å². The Balaban J connectivity index is 1.50. The zero-order valence-corrected chi connectivity index (χ0v) is 16.9. The van der Waals surface area contributed by atoms with E-state index in [1.54, 1.807) is 12.1 Å². The molecule has 2 heterocycles. The predicted molar refractivity (Wildman–Crippen MR) is 115 cm³/mol. The van der Waals surface area contributed by atoms with E-state index < -0.39 is 0 Å². The summed E-state index contributed by atoms with van der Waals surface area (Å²) in [4.78, 5) is 0. The van der Waals surface area contributed by atoms with Crippen LogP contribution >= 0.6 is 0 Å². The smallest absolute Gasteiger partial charge is 0.199 e. The third kappa shape index (κ3) is 3.88. The second-order valence-corrected chi connectivity index (χ2v) is 8.01. The Hall–Kier alpha value is -2.98. The van der Waals surface area contributed by atoms with Crippen molar-refractivity contribution < 1.29 is 19.3 Å². The molecule has 0 aromatic heterocycles. The molecule has 0 spiro atoms. The number of hydrogen-bond acceptors (Lipinski definition) is 4. The SMILES string of the molecule is Oc1ccc(C2c3ccc(OC4CCCCO4)cc3OC[C@@H]2c2ccccc2)cc1. The summed E-state index contributed by atoms with van der Waals surface area (Å²) in [6, 6.07) is 24.1. The summed E-state index contributed by atoms with van der Waals surface area (Å²) in [5, 5.41) is 9.77. The van der Waals surface area contributed by atoms with E-state index in [9.17, 15) is 5.11 Å². The minimum Gasteiger partial charge on any atom is -0.508 e. The first-order valence-electron chi connectivity index (χ1n) is 10.7. The lowest BCUT2D eigenvalue weighted by Crippen LogP contribution is -2.26. The largest absolute Gasteiger partial charge is 0.508 e. The maximum absolute atomic E-state index is 9.77. The van der Waals surface area contributed by atoms with Crippen LogP contribution in [0.25, 0.3) is 0 Å². The van der Waals surface area contributed by atoms with Gasteiger partial charge in [-0.1, -0.05) is 48.5 Å². The van der Waals surface area contributed by atoms with Gasteiger partial charge in [0.1, 0.15) is 17.2 Å². The molecule has 1 fully saturated rings. The molecule has 0 radical (unpaired) electrons. The first-order valence-corrected chi connectivity index (χ1v) is 10.7. The van der Waals surface area contributed by atoms with Crippen LogP contribution in [0.2, 0.25) is 0 Å². The van der Waals surface area contributed by atoms with Crippen LogP contribution in [0.1, 0.15) is 47.8 Å². The van der Waals surface area contributed by atoms with Crippen molar-refractivity contribution in [3.63, 3.8) is 0 Å². The fourth-order valence-corrected chi connectivity index (χ4v) is 4.50. The zero-order valence-electron chi connectivity index (χ0n) is 16.9. The molecule has 2 aliphatic rings. The van der Waals surface area contributed by atoms with Crippen LogP contribution in [-0.2, 0) is 4.74 Å². The number of phenols is 1. The molecule has 2 aliphatic heterocycles. The van der Waals surface area contributed by atoms with Crippen LogP contribution in [0.4, 0.5) is 0 Å². The van der Waals surface area contributed by atoms with Crippen molar-refractivity contribution in [2.75, 3.05) is 13.2 Å². The molecule has 0 aliphatic carbocycles. The van der Waals surface area contributed by atoms with Gasteiger partial charge in [-0.05, 0) is 42.2 Å². The van der Waals surface area contributed by atoms with Gasteiger partial charge in [-0.25, -0.2) is 0 Å². The fourth-order valence-electron chi connectivity index (χ4n) is 4.50. The molecule has 3 atom stereocenters. The standard InChI is InChI=1S/C26H26O4/c27-20-11-9-19(10-12-20)26-22-14-13-21(30-25-8-4-5-15-28-25)16-24(22)29-17-23(26)18-6-2-1-3-7-18/h1-3,6-7,9-14,16,23,25-27H,4-5,8,15,17H2/t23-,25?,26?/m1/s1. The highest BCUT2D eigenvalue weighted by molar-refractivity contribution is 5.51. The molecule has 5 rings (SSSR count). The van der Waals surface area contributed by atoms with Crippen molar-refractivity contribution in [3.05, 3.63) is 89.5 Å². The van der Waals surface area contributed by atoms with E-state index in [1.807, 2.05) is 30.3 Å². The van der Waals surface area contributed by atoms with Crippen LogP contribution < -0.4 is 9.47 Å². The van der Waals surface area contributed by atoms with Crippen molar-refractivity contribution in [3.8, 4) is 17.2 Å². The summed E-state index contributed by atoms with van der Waals surface area (Å²) in [5.41, 5.74) is 3.55. The van der Waals surface area contributed by atoms with Gasteiger partial charge >= 0.3 is 0 Å². The summed E-state index contributed by atoms with van der Waals surface area (Å²) >= 11 is 0. The van der Waals surface area contributed by atoms with Gasteiger partial charge < -0.3 is 19.3 Å². The minimum absolute atomic E-state index is 0.136. The third-order valence-electron chi connectivity index (χ3n) is 6.03. The Kier molecular flexibility index (Phi) is 5.33. The first kappa shape index (κ1) is 19.0. The molecule has 4 heteroatoms. The lowest BCUT2D eigenvalue weighted by Gasteiger charge is -2.35. The molecule has 0 amide bonds. The van der Waals surface area contributed by atoms with Gasteiger partial charge in [0, 0.05) is 29.9 Å². The van der Waals surface area contributed by atoms with E-state index in [1.165, 1.54) is 5.56 Å². The number of aromatic hydroxyl groups is 1. The summed E-state index contributed by atoms with van der Waals surface area (Å²) in [6.07, 6.45) is 2.98. The molecule has 0 saturated carbocycles. The summed E-state index contributed by atoms with van der Waals surface area (Å²) in [6.45, 7) is 1.35. The van der Waals surface area contributed by atoms with Gasteiger partial charge in [-0.3, -0.25) is 0 Å². The predicted octanol–water partition coefficient (Wildman–Crippen LogP) is 5.61. The van der Waals surface area contributed by atoms with Gasteiger partial charge in [0.25, 0.3) is 0 Å². The molecule has 30 heavy (non-hydrogen) atoms. The number of hydrogen-bond donors (Lipinski definition) is 1. The van der Waals surface area contributed by atoms with Gasteiger partial charge in [0.05, 0.1) is 13.2 Å². The fraction of sp³-hybridized carbons (Fsp3) is 0.308. The first-order chi connectivity index (χ1) is 14.8. The Morgan fingerprint density at radius 3 is 2.47 bits per heavy atom. The molecule has 2 unspecified atom stereocenters. The average molecular weight is 402 g/mol. The van der Waals surface area contributed by atoms with Crippen LogP contribution in [0.5, 0.6) is 17.2 Å². The topological polar surface area (TPSA) is 47.9 Å². The maximum Gasteiger partial charge on any atom is 0.199 e. The van der Waals surface area contributed by atoms with E-state index in [-0.39, 0.29) is 23.9 Å². The zero-order chi connectivity index (χ0) is 20.3. The molecule has 3 aromatic carbocycles. The summed E-state index contributed by atoms with van der Waals surface area (Å²) < 4.78 is 18.0. The Bertz CT molecular complexity index is 978. The van der Waals surface area contributed by atoms with Crippen LogP contribution in [-0.4, -0.2) is 24.6 Å². The third-order valence-corrected chi connectivity index (χ3v) is 6.03. The van der Waals surface area contributed by atoms with E-state index in [4.69, 9.17) is 14.2 Å².